The normalized spacial score (nSPS) is 11.0. The van der Waals surface area contributed by atoms with E-state index in [2.05, 4.69) is 32.9 Å². The van der Waals surface area contributed by atoms with Crippen LogP contribution in [0.25, 0.3) is 0 Å². The number of hydrogen-bond donors (Lipinski definition) is 1. The largest absolute Gasteiger partial charge is 1.00 e. The van der Waals surface area contributed by atoms with Crippen molar-refractivity contribution in [3.05, 3.63) is 12.7 Å². The van der Waals surface area contributed by atoms with Gasteiger partial charge < -0.3 is 26.8 Å². The molecule has 0 aromatic carbocycles. The average molecular weight is 419 g/mol. The van der Waals surface area contributed by atoms with E-state index in [-0.39, 0.29) is 22.9 Å². The van der Waals surface area contributed by atoms with Crippen LogP contribution in [0.2, 0.25) is 0 Å². The average Bonchev–Trinajstić information content (AvgIpc) is 2.54. The predicted molar refractivity (Wildman–Crippen MR) is 106 cm³/mol. The fourth-order valence-electron chi connectivity index (χ4n) is 2.95. The molecule has 150 valence electrons. The highest BCUT2D eigenvalue weighted by atomic mass is 79.9. The number of amides is 1. The van der Waals surface area contributed by atoms with Crippen LogP contribution in [0.1, 0.15) is 84.0 Å². The van der Waals surface area contributed by atoms with E-state index in [0.717, 1.165) is 30.4 Å². The number of quaternary nitrogens is 1. The van der Waals surface area contributed by atoms with Crippen LogP contribution in [0, 0.1) is 0 Å². The molecule has 3 nitrogen and oxygen atoms in total. The maximum absolute atomic E-state index is 11.9. The molecular weight excluding hydrogens is 376 g/mol. The lowest BCUT2D eigenvalue weighted by Crippen LogP contribution is -3.00. The Morgan fingerprint density at radius 3 is 2.16 bits per heavy atom. The van der Waals surface area contributed by atoms with Gasteiger partial charge in [-0.2, -0.15) is 0 Å². The Hall–Kier alpha value is -0.350. The summed E-state index contributed by atoms with van der Waals surface area (Å²) in [4.78, 5) is 11.9. The second kappa shape index (κ2) is 18.4. The highest BCUT2D eigenvalue weighted by Crippen LogP contribution is 2.09. The minimum atomic E-state index is 0. The van der Waals surface area contributed by atoms with Crippen molar-refractivity contribution in [1.82, 2.24) is 5.32 Å². The lowest BCUT2D eigenvalue weighted by molar-refractivity contribution is -0.889. The number of carbonyl (C=O) groups excluding carboxylic acids is 1. The number of allylic oxidation sites excluding steroid dienone is 1. The molecule has 0 aliphatic carbocycles. The number of likely N-dealkylation sites (N-methyl/N-ethyl adjacent to an activating group) is 1. The summed E-state index contributed by atoms with van der Waals surface area (Å²) in [5.41, 5.74) is 0. The van der Waals surface area contributed by atoms with Gasteiger partial charge in [0, 0.05) is 6.42 Å². The third-order valence-electron chi connectivity index (χ3n) is 4.72. The van der Waals surface area contributed by atoms with Gasteiger partial charge in [0.25, 0.3) is 0 Å². The Bertz CT molecular complexity index is 319. The maximum Gasteiger partial charge on any atom is 0.220 e. The fraction of sp³-hybridized carbons (Fsp3) is 0.857. The molecule has 0 aromatic rings. The monoisotopic (exact) mass is 418 g/mol. The minimum absolute atomic E-state index is 0. The quantitative estimate of drug-likeness (QED) is 0.218. The molecule has 0 rings (SSSR count). The third-order valence-corrected chi connectivity index (χ3v) is 4.72. The smallest absolute Gasteiger partial charge is 0.220 e. The number of unbranched alkanes of at least 4 members (excludes halogenated alkanes) is 9. The lowest BCUT2D eigenvalue weighted by Gasteiger charge is -2.30. The maximum atomic E-state index is 11.9. The van der Waals surface area contributed by atoms with Crippen LogP contribution in [0.15, 0.2) is 12.7 Å². The van der Waals surface area contributed by atoms with E-state index >= 15 is 0 Å². The molecule has 0 aliphatic heterocycles. The first-order chi connectivity index (χ1) is 11.5. The van der Waals surface area contributed by atoms with Crippen molar-refractivity contribution in [3.8, 4) is 0 Å². The van der Waals surface area contributed by atoms with Crippen LogP contribution in [-0.4, -0.2) is 44.1 Å². The molecule has 25 heavy (non-hydrogen) atoms. The minimum Gasteiger partial charge on any atom is -1.00 e. The van der Waals surface area contributed by atoms with Crippen molar-refractivity contribution in [2.45, 2.75) is 84.0 Å². The summed E-state index contributed by atoms with van der Waals surface area (Å²) in [5, 5.41) is 3.09. The Morgan fingerprint density at radius 2 is 1.52 bits per heavy atom. The molecular formula is C21H43BrN2O. The predicted octanol–water partition coefficient (Wildman–Crippen LogP) is 2.07. The molecule has 0 aliphatic rings. The van der Waals surface area contributed by atoms with Crippen LogP contribution >= 0.6 is 0 Å². The van der Waals surface area contributed by atoms with Crippen molar-refractivity contribution in [3.63, 3.8) is 0 Å². The van der Waals surface area contributed by atoms with Gasteiger partial charge in [-0.05, 0) is 32.1 Å². The zero-order valence-corrected chi connectivity index (χ0v) is 18.7. The van der Waals surface area contributed by atoms with Gasteiger partial charge in [0.15, 0.2) is 0 Å². The van der Waals surface area contributed by atoms with Gasteiger partial charge in [-0.25, -0.2) is 0 Å². The lowest BCUT2D eigenvalue weighted by atomic mass is 10.1. The summed E-state index contributed by atoms with van der Waals surface area (Å²) in [6.07, 6.45) is 16.4. The summed E-state index contributed by atoms with van der Waals surface area (Å²) in [6.45, 7) is 9.04. The summed E-state index contributed by atoms with van der Waals surface area (Å²) < 4.78 is 1.01. The highest BCUT2D eigenvalue weighted by Gasteiger charge is 2.14. The van der Waals surface area contributed by atoms with Crippen LogP contribution in [0.4, 0.5) is 0 Å². The number of rotatable bonds is 17. The summed E-state index contributed by atoms with van der Waals surface area (Å²) >= 11 is 0. The first-order valence-electron chi connectivity index (χ1n) is 10.2. The van der Waals surface area contributed by atoms with Gasteiger partial charge in [0.2, 0.25) is 5.91 Å². The van der Waals surface area contributed by atoms with E-state index in [1.54, 1.807) is 0 Å². The van der Waals surface area contributed by atoms with E-state index < -0.39 is 0 Å². The molecule has 0 heterocycles. The van der Waals surface area contributed by atoms with Crippen molar-refractivity contribution >= 4 is 5.91 Å². The Kier molecular flexibility index (Phi) is 19.8. The molecule has 1 amide bonds. The van der Waals surface area contributed by atoms with Gasteiger partial charge in [-0.3, -0.25) is 4.79 Å². The van der Waals surface area contributed by atoms with Crippen molar-refractivity contribution < 1.29 is 26.3 Å². The number of nitrogens with zero attached hydrogens (tertiary/aromatic N) is 1. The third kappa shape index (κ3) is 19.8. The van der Waals surface area contributed by atoms with Crippen LogP contribution in [0.5, 0.6) is 0 Å². The summed E-state index contributed by atoms with van der Waals surface area (Å²) in [5.74, 6) is 0.229. The van der Waals surface area contributed by atoms with E-state index in [9.17, 15) is 4.79 Å². The first kappa shape index (κ1) is 26.9. The zero-order valence-electron chi connectivity index (χ0n) is 17.1. The number of nitrogens with one attached hydrogen (secondary N) is 1. The Labute approximate surface area is 168 Å². The topological polar surface area (TPSA) is 29.1 Å². The standard InChI is InChI=1S/C21H42N2O.BrH/c1-5-7-9-11-12-13-14-15-17-21(24)22-18-20-23(3,4)19-16-10-8-6-2;/h5H,1,6-20H2,2-4H3;1H. The van der Waals surface area contributed by atoms with Gasteiger partial charge in [-0.15, -0.1) is 6.58 Å². The molecule has 0 saturated carbocycles. The zero-order chi connectivity index (χ0) is 18.1. The van der Waals surface area contributed by atoms with E-state index in [0.29, 0.717) is 6.42 Å². The van der Waals surface area contributed by atoms with Gasteiger partial charge in [0.05, 0.1) is 33.7 Å². The molecule has 0 saturated heterocycles. The molecule has 0 aromatic heterocycles. The van der Waals surface area contributed by atoms with Gasteiger partial charge in [-0.1, -0.05) is 51.5 Å². The SMILES string of the molecule is C=CCCCCCCCCC(=O)NCC[N+](C)(C)CCCCCC.[Br-]. The fourth-order valence-corrected chi connectivity index (χ4v) is 2.95. The molecule has 0 unspecified atom stereocenters. The number of hydrogen-bond acceptors (Lipinski definition) is 1. The van der Waals surface area contributed by atoms with Crippen molar-refractivity contribution in [2.24, 2.45) is 0 Å². The first-order valence-corrected chi connectivity index (χ1v) is 10.2. The van der Waals surface area contributed by atoms with Crippen LogP contribution in [-0.2, 0) is 4.79 Å². The number of carbonyl (C=O) groups is 1. The van der Waals surface area contributed by atoms with Crippen molar-refractivity contribution in [1.29, 1.82) is 0 Å². The molecule has 0 atom stereocenters. The summed E-state index contributed by atoms with van der Waals surface area (Å²) in [7, 11) is 4.54. The van der Waals surface area contributed by atoms with E-state index in [1.807, 2.05) is 6.08 Å². The second-order valence-corrected chi connectivity index (χ2v) is 7.74. The number of halogens is 1. The van der Waals surface area contributed by atoms with E-state index in [1.165, 1.54) is 64.3 Å². The molecule has 0 fully saturated rings. The highest BCUT2D eigenvalue weighted by molar-refractivity contribution is 5.75. The molecule has 0 spiro atoms. The van der Waals surface area contributed by atoms with Crippen LogP contribution < -0.4 is 22.3 Å². The molecule has 1 N–H and O–H groups in total. The molecule has 4 heteroatoms. The van der Waals surface area contributed by atoms with Crippen LogP contribution in [0.3, 0.4) is 0 Å². The Morgan fingerprint density at radius 1 is 0.920 bits per heavy atom. The van der Waals surface area contributed by atoms with Gasteiger partial charge in [0.1, 0.15) is 0 Å². The van der Waals surface area contributed by atoms with Crippen molar-refractivity contribution in [2.75, 3.05) is 33.7 Å². The molecule has 0 radical (unpaired) electrons. The van der Waals surface area contributed by atoms with Gasteiger partial charge >= 0.3 is 0 Å². The Balaban J connectivity index is 0. The van der Waals surface area contributed by atoms with E-state index in [4.69, 9.17) is 0 Å². The summed E-state index contributed by atoms with van der Waals surface area (Å²) in [6, 6.07) is 0. The molecule has 0 bridgehead atoms. The second-order valence-electron chi connectivity index (χ2n) is 7.74.